The van der Waals surface area contributed by atoms with E-state index >= 15 is 0 Å². The minimum Gasteiger partial charge on any atom is -0.482 e. The fraction of sp³-hybridized carbons (Fsp3) is 0.515. The molecule has 5 heteroatoms. The molecule has 0 atom stereocenters. The SMILES string of the molecule is CCOC(=O)COc1ccc(-c2ccc(C=CC(=O)OC(C)(C)C)cc2)cc1C12CC3CC(CC(C3)C1)C2. The minimum absolute atomic E-state index is 0.0643. The summed E-state index contributed by atoms with van der Waals surface area (Å²) in [5.74, 6) is 2.56. The van der Waals surface area contributed by atoms with E-state index in [2.05, 4.69) is 24.3 Å². The highest BCUT2D eigenvalue weighted by Gasteiger charge is 2.52. The third-order valence-electron chi connectivity index (χ3n) is 8.30. The van der Waals surface area contributed by atoms with E-state index in [0.717, 1.165) is 40.2 Å². The molecule has 6 rings (SSSR count). The van der Waals surface area contributed by atoms with Crippen LogP contribution < -0.4 is 4.74 Å². The van der Waals surface area contributed by atoms with Crippen molar-refractivity contribution >= 4 is 18.0 Å². The Balaban J connectivity index is 1.41. The molecule has 5 nitrogen and oxygen atoms in total. The van der Waals surface area contributed by atoms with Gasteiger partial charge in [-0.25, -0.2) is 9.59 Å². The van der Waals surface area contributed by atoms with Crippen molar-refractivity contribution in [2.75, 3.05) is 13.2 Å². The van der Waals surface area contributed by atoms with Crippen molar-refractivity contribution in [3.05, 3.63) is 59.7 Å². The van der Waals surface area contributed by atoms with E-state index < -0.39 is 5.60 Å². The lowest BCUT2D eigenvalue weighted by Gasteiger charge is -2.57. The maximum Gasteiger partial charge on any atom is 0.344 e. The highest BCUT2D eigenvalue weighted by molar-refractivity contribution is 5.87. The van der Waals surface area contributed by atoms with Crippen LogP contribution in [0.3, 0.4) is 0 Å². The molecule has 2 aromatic rings. The molecular weight excluding hydrogens is 476 g/mol. The molecule has 4 aliphatic carbocycles. The van der Waals surface area contributed by atoms with Gasteiger partial charge < -0.3 is 14.2 Å². The zero-order valence-corrected chi connectivity index (χ0v) is 23.1. The third kappa shape index (κ3) is 5.98. The van der Waals surface area contributed by atoms with Gasteiger partial charge in [0, 0.05) is 11.6 Å². The molecule has 0 amide bonds. The van der Waals surface area contributed by atoms with Gasteiger partial charge in [-0.05, 0) is 124 Å². The molecule has 0 aliphatic heterocycles. The first-order valence-corrected chi connectivity index (χ1v) is 14.1. The van der Waals surface area contributed by atoms with E-state index in [1.54, 1.807) is 6.08 Å². The second-order valence-electron chi connectivity index (χ2n) is 12.5. The van der Waals surface area contributed by atoms with Crippen molar-refractivity contribution in [3.63, 3.8) is 0 Å². The van der Waals surface area contributed by atoms with Gasteiger partial charge in [-0.15, -0.1) is 0 Å². The fourth-order valence-electron chi connectivity index (χ4n) is 7.32. The number of ether oxygens (including phenoxy) is 3. The Labute approximate surface area is 226 Å². The van der Waals surface area contributed by atoms with Crippen molar-refractivity contribution in [2.45, 2.75) is 77.2 Å². The van der Waals surface area contributed by atoms with Gasteiger partial charge in [0.2, 0.25) is 0 Å². The third-order valence-corrected chi connectivity index (χ3v) is 8.30. The number of carbonyl (C=O) groups is 2. The average molecular weight is 517 g/mol. The van der Waals surface area contributed by atoms with Gasteiger partial charge in [0.25, 0.3) is 0 Å². The summed E-state index contributed by atoms with van der Waals surface area (Å²) in [6.45, 7) is 7.68. The van der Waals surface area contributed by atoms with Crippen molar-refractivity contribution in [3.8, 4) is 16.9 Å². The largest absolute Gasteiger partial charge is 0.482 e. The predicted octanol–water partition coefficient (Wildman–Crippen LogP) is 7.12. The molecule has 0 unspecified atom stereocenters. The molecule has 4 bridgehead atoms. The predicted molar refractivity (Wildman–Crippen MR) is 149 cm³/mol. The summed E-state index contributed by atoms with van der Waals surface area (Å²) in [6, 6.07) is 14.6. The molecular formula is C33H40O5. The van der Waals surface area contributed by atoms with Gasteiger partial charge in [-0.3, -0.25) is 0 Å². The Morgan fingerprint density at radius 1 is 0.921 bits per heavy atom. The Hall–Kier alpha value is -3.08. The summed E-state index contributed by atoms with van der Waals surface area (Å²) in [5, 5.41) is 0. The molecule has 4 fully saturated rings. The molecule has 0 spiro atoms. The quantitative estimate of drug-likeness (QED) is 0.276. The molecule has 4 saturated carbocycles. The van der Waals surface area contributed by atoms with Crippen molar-refractivity contribution < 1.29 is 23.8 Å². The van der Waals surface area contributed by atoms with Crippen LogP contribution in [0.4, 0.5) is 0 Å². The van der Waals surface area contributed by atoms with Gasteiger partial charge in [-0.2, -0.15) is 0 Å². The Kier molecular flexibility index (Phi) is 7.39. The molecule has 0 N–H and O–H groups in total. The van der Waals surface area contributed by atoms with E-state index in [1.807, 2.05) is 45.9 Å². The summed E-state index contributed by atoms with van der Waals surface area (Å²) in [6.07, 6.45) is 11.0. The highest BCUT2D eigenvalue weighted by atomic mass is 16.6. The van der Waals surface area contributed by atoms with Gasteiger partial charge in [-0.1, -0.05) is 30.3 Å². The van der Waals surface area contributed by atoms with E-state index in [0.29, 0.717) is 6.61 Å². The zero-order valence-electron chi connectivity index (χ0n) is 23.1. The van der Waals surface area contributed by atoms with Crippen LogP contribution in [0.25, 0.3) is 17.2 Å². The van der Waals surface area contributed by atoms with Crippen LogP contribution >= 0.6 is 0 Å². The van der Waals surface area contributed by atoms with Gasteiger partial charge in [0.15, 0.2) is 6.61 Å². The van der Waals surface area contributed by atoms with Gasteiger partial charge >= 0.3 is 11.9 Å². The molecule has 4 aliphatic rings. The molecule has 0 saturated heterocycles. The minimum atomic E-state index is -0.508. The smallest absolute Gasteiger partial charge is 0.344 e. The van der Waals surface area contributed by atoms with Crippen molar-refractivity contribution in [1.82, 2.24) is 0 Å². The van der Waals surface area contributed by atoms with Crippen LogP contribution in [0.1, 0.15) is 77.3 Å². The van der Waals surface area contributed by atoms with E-state index in [1.165, 1.54) is 50.2 Å². The van der Waals surface area contributed by atoms with Crippen LogP contribution in [0.5, 0.6) is 5.75 Å². The second-order valence-corrected chi connectivity index (χ2v) is 12.5. The average Bonchev–Trinajstić information content (AvgIpc) is 2.85. The van der Waals surface area contributed by atoms with E-state index in [9.17, 15) is 9.59 Å². The fourth-order valence-corrected chi connectivity index (χ4v) is 7.32. The molecule has 2 aromatic carbocycles. The number of rotatable bonds is 8. The Morgan fingerprint density at radius 3 is 2.11 bits per heavy atom. The molecule has 38 heavy (non-hydrogen) atoms. The summed E-state index contributed by atoms with van der Waals surface area (Å²) < 4.78 is 16.6. The number of hydrogen-bond donors (Lipinski definition) is 0. The topological polar surface area (TPSA) is 61.8 Å². The zero-order chi connectivity index (χ0) is 26.9. The van der Waals surface area contributed by atoms with Crippen LogP contribution in [0.15, 0.2) is 48.5 Å². The van der Waals surface area contributed by atoms with Crippen LogP contribution in [0.2, 0.25) is 0 Å². The summed E-state index contributed by atoms with van der Waals surface area (Å²) in [7, 11) is 0. The molecule has 0 heterocycles. The lowest BCUT2D eigenvalue weighted by molar-refractivity contribution is -0.148. The van der Waals surface area contributed by atoms with Crippen molar-refractivity contribution in [2.24, 2.45) is 17.8 Å². The van der Waals surface area contributed by atoms with Gasteiger partial charge in [0.05, 0.1) is 6.61 Å². The van der Waals surface area contributed by atoms with Crippen LogP contribution in [0, 0.1) is 17.8 Å². The van der Waals surface area contributed by atoms with E-state index in [-0.39, 0.29) is 24.0 Å². The summed E-state index contributed by atoms with van der Waals surface area (Å²) >= 11 is 0. The van der Waals surface area contributed by atoms with Crippen molar-refractivity contribution in [1.29, 1.82) is 0 Å². The number of benzene rings is 2. The second kappa shape index (κ2) is 10.6. The number of carbonyl (C=O) groups excluding carboxylic acids is 2. The summed E-state index contributed by atoms with van der Waals surface area (Å²) in [5.41, 5.74) is 4.07. The van der Waals surface area contributed by atoms with E-state index in [4.69, 9.17) is 14.2 Å². The maximum absolute atomic E-state index is 12.1. The molecule has 0 radical (unpaired) electrons. The Morgan fingerprint density at radius 2 is 1.53 bits per heavy atom. The lowest BCUT2D eigenvalue weighted by atomic mass is 9.48. The maximum atomic E-state index is 12.1. The first kappa shape index (κ1) is 26.5. The van der Waals surface area contributed by atoms with Crippen LogP contribution in [-0.4, -0.2) is 30.8 Å². The lowest BCUT2D eigenvalue weighted by Crippen LogP contribution is -2.48. The van der Waals surface area contributed by atoms with Crippen LogP contribution in [-0.2, 0) is 24.5 Å². The normalized spacial score (nSPS) is 25.9. The molecule has 0 aromatic heterocycles. The molecule has 202 valence electrons. The number of hydrogen-bond acceptors (Lipinski definition) is 5. The number of esters is 2. The summed E-state index contributed by atoms with van der Waals surface area (Å²) in [4.78, 5) is 24.1. The first-order valence-electron chi connectivity index (χ1n) is 14.1. The highest BCUT2D eigenvalue weighted by Crippen LogP contribution is 2.62. The standard InChI is InChI=1S/C33H40O5/c1-5-36-31(35)21-37-29-12-11-27(17-28(29)33-18-23-14-24(19-33)16-25(15-23)20-33)26-9-6-22(7-10-26)8-13-30(34)38-32(2,3)4/h6-13,17,23-25H,5,14-16,18-21H2,1-4H3. The Bertz CT molecular complexity index is 1170. The monoisotopic (exact) mass is 516 g/mol. The first-order chi connectivity index (χ1) is 18.1. The van der Waals surface area contributed by atoms with Gasteiger partial charge in [0.1, 0.15) is 11.4 Å².